The molecule has 86 valence electrons. The largest absolute Gasteiger partial charge is 0.275 e. The average molecular weight is 285 g/mol. The van der Waals surface area contributed by atoms with E-state index >= 15 is 0 Å². The Bertz CT molecular complexity index is 703. The summed E-state index contributed by atoms with van der Waals surface area (Å²) in [7, 11) is 1.88. The van der Waals surface area contributed by atoms with E-state index < -0.39 is 0 Å². The molecule has 0 aliphatic carbocycles. The second kappa shape index (κ2) is 3.94. The van der Waals surface area contributed by atoms with Crippen molar-refractivity contribution in [2.45, 2.75) is 0 Å². The van der Waals surface area contributed by atoms with Crippen LogP contribution >= 0.6 is 34.5 Å². The fourth-order valence-corrected chi connectivity index (χ4v) is 3.02. The van der Waals surface area contributed by atoms with Gasteiger partial charge >= 0.3 is 0 Å². The minimum atomic E-state index is 0.165. The van der Waals surface area contributed by atoms with Gasteiger partial charge in [-0.1, -0.05) is 11.6 Å². The Morgan fingerprint density at radius 2 is 2.12 bits per heavy atom. The first-order valence-electron chi connectivity index (χ1n) is 4.75. The van der Waals surface area contributed by atoms with Crippen LogP contribution in [0.5, 0.6) is 0 Å². The third-order valence-electron chi connectivity index (χ3n) is 2.29. The summed E-state index contributed by atoms with van der Waals surface area (Å²) < 4.78 is 2.59. The number of nitrogens with zero attached hydrogens (tertiary/aromatic N) is 4. The Labute approximate surface area is 111 Å². The van der Waals surface area contributed by atoms with Crippen molar-refractivity contribution in [3.8, 4) is 10.4 Å². The lowest BCUT2D eigenvalue weighted by molar-refractivity contribution is 0.768. The van der Waals surface area contributed by atoms with Crippen LogP contribution in [0.1, 0.15) is 0 Å². The smallest absolute Gasteiger partial charge is 0.224 e. The van der Waals surface area contributed by atoms with Crippen LogP contribution in [0.3, 0.4) is 0 Å². The minimum Gasteiger partial charge on any atom is -0.275 e. The minimum absolute atomic E-state index is 0.165. The van der Waals surface area contributed by atoms with Gasteiger partial charge in [0.05, 0.1) is 16.4 Å². The normalized spacial score (nSPS) is 11.2. The van der Waals surface area contributed by atoms with E-state index in [4.69, 9.17) is 23.2 Å². The van der Waals surface area contributed by atoms with E-state index in [0.29, 0.717) is 5.15 Å². The lowest BCUT2D eigenvalue weighted by atomic mass is 10.3. The Kier molecular flexibility index (Phi) is 2.54. The van der Waals surface area contributed by atoms with Gasteiger partial charge in [-0.3, -0.25) is 4.68 Å². The maximum atomic E-state index is 6.02. The molecule has 7 heteroatoms. The van der Waals surface area contributed by atoms with Crippen LogP contribution in [0.15, 0.2) is 18.5 Å². The van der Waals surface area contributed by atoms with Gasteiger partial charge in [0, 0.05) is 23.7 Å². The zero-order valence-electron chi connectivity index (χ0n) is 8.69. The molecule has 0 fully saturated rings. The predicted octanol–water partition coefficient (Wildman–Crippen LogP) is 3.40. The zero-order chi connectivity index (χ0) is 12.0. The molecule has 0 atom stereocenters. The molecule has 0 amide bonds. The van der Waals surface area contributed by atoms with Gasteiger partial charge in [0.15, 0.2) is 5.15 Å². The summed E-state index contributed by atoms with van der Waals surface area (Å²) in [5.41, 5.74) is 1.79. The van der Waals surface area contributed by atoms with E-state index in [1.165, 1.54) is 11.3 Å². The van der Waals surface area contributed by atoms with Gasteiger partial charge in [-0.2, -0.15) is 5.10 Å². The Morgan fingerprint density at radius 1 is 1.29 bits per heavy atom. The molecule has 0 saturated carbocycles. The van der Waals surface area contributed by atoms with Crippen molar-refractivity contribution in [2.75, 3.05) is 0 Å². The highest BCUT2D eigenvalue weighted by molar-refractivity contribution is 7.22. The van der Waals surface area contributed by atoms with Crippen LogP contribution in [-0.2, 0) is 7.05 Å². The molecular weight excluding hydrogens is 279 g/mol. The van der Waals surface area contributed by atoms with Crippen molar-refractivity contribution < 1.29 is 0 Å². The summed E-state index contributed by atoms with van der Waals surface area (Å²) in [5.74, 6) is 0. The topological polar surface area (TPSA) is 43.6 Å². The van der Waals surface area contributed by atoms with Gasteiger partial charge in [-0.15, -0.1) is 11.3 Å². The highest BCUT2D eigenvalue weighted by Crippen LogP contribution is 2.35. The molecular formula is C10H6Cl2N4S. The number of aryl methyl sites for hydroxylation is 1. The Morgan fingerprint density at radius 3 is 2.82 bits per heavy atom. The lowest BCUT2D eigenvalue weighted by Gasteiger charge is -1.91. The van der Waals surface area contributed by atoms with Crippen LogP contribution in [-0.4, -0.2) is 19.7 Å². The molecule has 3 aromatic heterocycles. The first-order chi connectivity index (χ1) is 8.13. The standard InChI is InChI=1S/C10H6Cl2N4S/c1-16-4-5(3-13-16)7-2-6-8(17-7)9(11)15-10(12)14-6/h2-4H,1H3. The van der Waals surface area contributed by atoms with E-state index in [0.717, 1.165) is 20.7 Å². The fourth-order valence-electron chi connectivity index (χ4n) is 1.56. The van der Waals surface area contributed by atoms with E-state index in [1.54, 1.807) is 10.9 Å². The van der Waals surface area contributed by atoms with Crippen LogP contribution in [0.2, 0.25) is 10.4 Å². The number of hydrogen-bond donors (Lipinski definition) is 0. The van der Waals surface area contributed by atoms with Gasteiger partial charge < -0.3 is 0 Å². The van der Waals surface area contributed by atoms with Gasteiger partial charge in [-0.05, 0) is 17.7 Å². The van der Waals surface area contributed by atoms with E-state index in [2.05, 4.69) is 15.1 Å². The molecule has 0 N–H and O–H groups in total. The van der Waals surface area contributed by atoms with E-state index in [1.807, 2.05) is 19.3 Å². The first kappa shape index (κ1) is 11.0. The molecule has 4 nitrogen and oxygen atoms in total. The molecule has 0 unspecified atom stereocenters. The van der Waals surface area contributed by atoms with E-state index in [-0.39, 0.29) is 5.28 Å². The van der Waals surface area contributed by atoms with Crippen molar-refractivity contribution in [3.63, 3.8) is 0 Å². The van der Waals surface area contributed by atoms with Crippen LogP contribution < -0.4 is 0 Å². The molecule has 0 aromatic carbocycles. The van der Waals surface area contributed by atoms with Crippen molar-refractivity contribution in [3.05, 3.63) is 28.9 Å². The maximum absolute atomic E-state index is 6.02. The molecule has 0 aliphatic heterocycles. The number of halogens is 2. The molecule has 0 aliphatic rings. The molecule has 0 spiro atoms. The average Bonchev–Trinajstić information content (AvgIpc) is 2.83. The third-order valence-corrected chi connectivity index (χ3v) is 4.03. The fraction of sp³-hybridized carbons (Fsp3) is 0.100. The Hall–Kier alpha value is -1.17. The van der Waals surface area contributed by atoms with Gasteiger partial charge in [0.2, 0.25) is 5.28 Å². The number of hydrogen-bond acceptors (Lipinski definition) is 4. The predicted molar refractivity (Wildman–Crippen MR) is 69.6 cm³/mol. The van der Waals surface area contributed by atoms with Crippen LogP contribution in [0.25, 0.3) is 20.7 Å². The molecule has 0 saturated heterocycles. The number of thiophene rings is 1. The second-order valence-electron chi connectivity index (χ2n) is 3.51. The number of aromatic nitrogens is 4. The highest BCUT2D eigenvalue weighted by atomic mass is 35.5. The van der Waals surface area contributed by atoms with Crippen LogP contribution in [0.4, 0.5) is 0 Å². The number of fused-ring (bicyclic) bond motifs is 1. The number of rotatable bonds is 1. The molecule has 0 bridgehead atoms. The van der Waals surface area contributed by atoms with Crippen LogP contribution in [0, 0.1) is 0 Å². The quantitative estimate of drug-likeness (QED) is 0.508. The third kappa shape index (κ3) is 1.90. The summed E-state index contributed by atoms with van der Waals surface area (Å²) in [6.45, 7) is 0. The SMILES string of the molecule is Cn1cc(-c2cc3nc(Cl)nc(Cl)c3s2)cn1. The summed E-state index contributed by atoms with van der Waals surface area (Å²) in [6, 6.07) is 1.94. The summed E-state index contributed by atoms with van der Waals surface area (Å²) in [4.78, 5) is 9.11. The highest BCUT2D eigenvalue weighted by Gasteiger charge is 2.11. The van der Waals surface area contributed by atoms with Gasteiger partial charge in [-0.25, -0.2) is 9.97 Å². The zero-order valence-corrected chi connectivity index (χ0v) is 11.0. The molecule has 3 rings (SSSR count). The Balaban J connectivity index is 2.23. The molecule has 3 aromatic rings. The molecule has 17 heavy (non-hydrogen) atoms. The monoisotopic (exact) mass is 284 g/mol. The van der Waals surface area contributed by atoms with Crippen molar-refractivity contribution >= 4 is 44.8 Å². The second-order valence-corrected chi connectivity index (χ2v) is 5.26. The van der Waals surface area contributed by atoms with Crippen molar-refractivity contribution in [1.29, 1.82) is 0 Å². The molecule has 0 radical (unpaired) electrons. The van der Waals surface area contributed by atoms with Gasteiger partial charge in [0.1, 0.15) is 0 Å². The summed E-state index contributed by atoms with van der Waals surface area (Å²) in [5, 5.41) is 4.69. The van der Waals surface area contributed by atoms with Crippen molar-refractivity contribution in [2.24, 2.45) is 7.05 Å². The molecule has 3 heterocycles. The van der Waals surface area contributed by atoms with E-state index in [9.17, 15) is 0 Å². The maximum Gasteiger partial charge on any atom is 0.224 e. The summed E-state index contributed by atoms with van der Waals surface area (Å²) in [6.07, 6.45) is 3.74. The summed E-state index contributed by atoms with van der Waals surface area (Å²) >= 11 is 13.3. The van der Waals surface area contributed by atoms with Crippen molar-refractivity contribution in [1.82, 2.24) is 19.7 Å². The lowest BCUT2D eigenvalue weighted by Crippen LogP contribution is -1.83. The van der Waals surface area contributed by atoms with Gasteiger partial charge in [0.25, 0.3) is 0 Å². The first-order valence-corrected chi connectivity index (χ1v) is 6.32.